The van der Waals surface area contributed by atoms with Crippen molar-refractivity contribution in [2.24, 2.45) is 11.0 Å². The number of alkyl halides is 2. The fraction of sp³-hybridized carbons (Fsp3) is 0.280. The summed E-state index contributed by atoms with van der Waals surface area (Å²) in [6, 6.07) is 13.1. The number of nitrogens with one attached hydrogen (secondary N) is 1. The molecule has 1 unspecified atom stereocenters. The Balaban J connectivity index is 1.54. The van der Waals surface area contributed by atoms with E-state index in [1.54, 1.807) is 30.3 Å². The molecule has 2 heterocycles. The van der Waals surface area contributed by atoms with Crippen molar-refractivity contribution in [3.63, 3.8) is 0 Å². The van der Waals surface area contributed by atoms with E-state index >= 15 is 0 Å². The molecule has 1 aliphatic rings. The van der Waals surface area contributed by atoms with Gasteiger partial charge in [-0.3, -0.25) is 9.59 Å². The number of rotatable bonds is 9. The summed E-state index contributed by atoms with van der Waals surface area (Å²) in [5.74, 6) is -0.589. The van der Waals surface area contributed by atoms with Crippen molar-refractivity contribution >= 4 is 23.2 Å². The summed E-state index contributed by atoms with van der Waals surface area (Å²) >= 11 is 0. The Morgan fingerprint density at radius 3 is 2.61 bits per heavy atom. The molecule has 0 radical (unpaired) electrons. The highest BCUT2D eigenvalue weighted by atomic mass is 19.3. The van der Waals surface area contributed by atoms with Gasteiger partial charge in [0.25, 0.3) is 5.91 Å². The molecule has 2 aromatic carbocycles. The van der Waals surface area contributed by atoms with Crippen LogP contribution in [0.25, 0.3) is 0 Å². The van der Waals surface area contributed by atoms with E-state index in [1.165, 1.54) is 36.5 Å². The standard InChI is InChI=1S/C25H24F2N4O5/c1-3-16-13-22(32)31(30-23(16)17-6-9-19(34-2)21(12-17)35-25(26)27)14-15-4-7-18(8-5-15)29-24(33)20-10-11-28-36-20/h4-12,16,25H,3,13-14H2,1-2H3,(H,29,33). The smallest absolute Gasteiger partial charge is 0.387 e. The highest BCUT2D eigenvalue weighted by Gasteiger charge is 2.30. The number of benzene rings is 2. The first-order chi connectivity index (χ1) is 17.4. The van der Waals surface area contributed by atoms with E-state index in [9.17, 15) is 18.4 Å². The third-order valence-corrected chi connectivity index (χ3v) is 5.70. The van der Waals surface area contributed by atoms with E-state index in [-0.39, 0.29) is 42.0 Å². The second-order valence-electron chi connectivity index (χ2n) is 8.02. The van der Waals surface area contributed by atoms with Crippen molar-refractivity contribution in [1.29, 1.82) is 0 Å². The number of carbonyl (C=O) groups is 2. The molecule has 188 valence electrons. The van der Waals surface area contributed by atoms with Gasteiger partial charge in [0.1, 0.15) is 0 Å². The normalized spacial score (nSPS) is 15.6. The molecular weight excluding hydrogens is 474 g/mol. The summed E-state index contributed by atoms with van der Waals surface area (Å²) in [6.07, 6.45) is 2.26. The van der Waals surface area contributed by atoms with Crippen LogP contribution in [0.1, 0.15) is 41.4 Å². The lowest BCUT2D eigenvalue weighted by molar-refractivity contribution is -0.133. The summed E-state index contributed by atoms with van der Waals surface area (Å²) in [6.45, 7) is -0.869. The van der Waals surface area contributed by atoms with Crippen LogP contribution in [-0.4, -0.2) is 41.4 Å². The van der Waals surface area contributed by atoms with Crippen molar-refractivity contribution in [2.45, 2.75) is 32.9 Å². The van der Waals surface area contributed by atoms with Crippen LogP contribution < -0.4 is 14.8 Å². The summed E-state index contributed by atoms with van der Waals surface area (Å²) in [7, 11) is 1.37. The number of anilines is 1. The van der Waals surface area contributed by atoms with E-state index in [4.69, 9.17) is 9.26 Å². The van der Waals surface area contributed by atoms with Crippen molar-refractivity contribution < 1.29 is 32.4 Å². The topological polar surface area (TPSA) is 106 Å². The van der Waals surface area contributed by atoms with Gasteiger partial charge in [0.15, 0.2) is 11.5 Å². The molecule has 1 N–H and O–H groups in total. The van der Waals surface area contributed by atoms with Gasteiger partial charge in [0.05, 0.1) is 25.6 Å². The molecule has 9 nitrogen and oxygen atoms in total. The number of carbonyl (C=O) groups excluding carboxylic acids is 2. The van der Waals surface area contributed by atoms with Crippen LogP contribution in [0.15, 0.2) is 64.4 Å². The SMILES string of the molecule is CCC1CC(=O)N(Cc2ccc(NC(=O)c3ccno3)cc2)N=C1c1ccc(OC)c(OC(F)F)c1. The molecule has 0 fully saturated rings. The molecule has 11 heteroatoms. The second-order valence-corrected chi connectivity index (χ2v) is 8.02. The summed E-state index contributed by atoms with van der Waals surface area (Å²) in [5.41, 5.74) is 2.51. The van der Waals surface area contributed by atoms with E-state index in [2.05, 4.69) is 20.3 Å². The number of ether oxygens (including phenoxy) is 2. The number of aromatic nitrogens is 1. The van der Waals surface area contributed by atoms with Gasteiger partial charge in [0, 0.05) is 29.7 Å². The molecule has 0 bridgehead atoms. The first-order valence-corrected chi connectivity index (χ1v) is 11.2. The minimum atomic E-state index is -3.01. The average molecular weight is 498 g/mol. The first kappa shape index (κ1) is 24.8. The molecule has 0 spiro atoms. The van der Waals surface area contributed by atoms with E-state index in [1.807, 2.05) is 6.92 Å². The maximum absolute atomic E-state index is 12.9. The lowest BCUT2D eigenvalue weighted by atomic mass is 9.89. The number of halogens is 2. The van der Waals surface area contributed by atoms with Gasteiger partial charge in [-0.15, -0.1) is 0 Å². The van der Waals surface area contributed by atoms with E-state index in [0.717, 1.165) is 5.56 Å². The molecule has 1 aliphatic heterocycles. The van der Waals surface area contributed by atoms with Crippen LogP contribution in [0.3, 0.4) is 0 Å². The van der Waals surface area contributed by atoms with Crippen molar-refractivity contribution in [2.75, 3.05) is 12.4 Å². The zero-order chi connectivity index (χ0) is 25.7. The number of nitrogens with zero attached hydrogens (tertiary/aromatic N) is 3. The van der Waals surface area contributed by atoms with Crippen LogP contribution in [-0.2, 0) is 11.3 Å². The molecule has 2 amide bonds. The Morgan fingerprint density at radius 2 is 1.97 bits per heavy atom. The van der Waals surface area contributed by atoms with E-state index in [0.29, 0.717) is 23.4 Å². The molecule has 36 heavy (non-hydrogen) atoms. The number of hydrogen-bond donors (Lipinski definition) is 1. The molecule has 0 aliphatic carbocycles. The van der Waals surface area contributed by atoms with Gasteiger partial charge in [-0.25, -0.2) is 5.01 Å². The minimum absolute atomic E-state index is 0.0889. The quantitative estimate of drug-likeness (QED) is 0.458. The zero-order valence-corrected chi connectivity index (χ0v) is 19.6. The number of hydrogen-bond acceptors (Lipinski definition) is 7. The van der Waals surface area contributed by atoms with Crippen molar-refractivity contribution in [3.05, 3.63) is 71.6 Å². The predicted octanol–water partition coefficient (Wildman–Crippen LogP) is 4.70. The fourth-order valence-electron chi connectivity index (χ4n) is 3.85. The third-order valence-electron chi connectivity index (χ3n) is 5.70. The fourth-order valence-corrected chi connectivity index (χ4v) is 3.85. The van der Waals surface area contributed by atoms with Gasteiger partial charge in [-0.05, 0) is 42.3 Å². The molecule has 1 atom stereocenters. The Labute approximate surface area is 205 Å². The lowest BCUT2D eigenvalue weighted by Crippen LogP contribution is -2.36. The Morgan fingerprint density at radius 1 is 1.19 bits per heavy atom. The monoisotopic (exact) mass is 498 g/mol. The van der Waals surface area contributed by atoms with Crippen LogP contribution in [0, 0.1) is 5.92 Å². The maximum atomic E-state index is 12.9. The Bertz CT molecular complexity index is 1250. The molecular formula is C25H24F2N4O5. The van der Waals surface area contributed by atoms with Gasteiger partial charge >= 0.3 is 6.61 Å². The largest absolute Gasteiger partial charge is 0.493 e. The van der Waals surface area contributed by atoms with Crippen LogP contribution in [0.5, 0.6) is 11.5 Å². The minimum Gasteiger partial charge on any atom is -0.493 e. The number of amides is 2. The lowest BCUT2D eigenvalue weighted by Gasteiger charge is -2.29. The van der Waals surface area contributed by atoms with Crippen LogP contribution in [0.2, 0.25) is 0 Å². The first-order valence-electron chi connectivity index (χ1n) is 11.2. The van der Waals surface area contributed by atoms with Gasteiger partial charge in [0.2, 0.25) is 11.7 Å². The predicted molar refractivity (Wildman–Crippen MR) is 126 cm³/mol. The molecule has 0 saturated carbocycles. The highest BCUT2D eigenvalue weighted by Crippen LogP contribution is 2.33. The molecule has 0 saturated heterocycles. The number of hydrazone groups is 1. The Hall–Kier alpha value is -4.28. The Kier molecular flexibility index (Phi) is 7.57. The average Bonchev–Trinajstić information content (AvgIpc) is 3.41. The maximum Gasteiger partial charge on any atom is 0.387 e. The summed E-state index contributed by atoms with van der Waals surface area (Å²) in [4.78, 5) is 24.9. The van der Waals surface area contributed by atoms with Gasteiger partial charge in [-0.2, -0.15) is 13.9 Å². The molecule has 1 aromatic heterocycles. The van der Waals surface area contributed by atoms with Crippen LogP contribution >= 0.6 is 0 Å². The van der Waals surface area contributed by atoms with Crippen LogP contribution in [0.4, 0.5) is 14.5 Å². The summed E-state index contributed by atoms with van der Waals surface area (Å²) in [5, 5.41) is 12.2. The van der Waals surface area contributed by atoms with Gasteiger partial charge < -0.3 is 19.3 Å². The van der Waals surface area contributed by atoms with Gasteiger partial charge in [-0.1, -0.05) is 24.2 Å². The second kappa shape index (κ2) is 11.0. The molecule has 4 rings (SSSR count). The van der Waals surface area contributed by atoms with Crippen molar-refractivity contribution in [1.82, 2.24) is 10.2 Å². The van der Waals surface area contributed by atoms with Crippen molar-refractivity contribution in [3.8, 4) is 11.5 Å². The zero-order valence-electron chi connectivity index (χ0n) is 19.6. The summed E-state index contributed by atoms with van der Waals surface area (Å²) < 4.78 is 40.3. The van der Waals surface area contributed by atoms with E-state index < -0.39 is 12.5 Å². The number of methoxy groups -OCH3 is 1. The highest BCUT2D eigenvalue weighted by molar-refractivity contribution is 6.06. The molecule has 3 aromatic rings. The third kappa shape index (κ3) is 5.68.